The molecule has 2 bridgehead atoms. The fourth-order valence-corrected chi connectivity index (χ4v) is 3.61. The molecule has 4 heteroatoms. The van der Waals surface area contributed by atoms with E-state index in [2.05, 4.69) is 0 Å². The predicted molar refractivity (Wildman–Crippen MR) is 72.6 cm³/mol. The van der Waals surface area contributed by atoms with Gasteiger partial charge in [0.15, 0.2) is 0 Å². The molecule has 0 aromatic heterocycles. The lowest BCUT2D eigenvalue weighted by Gasteiger charge is -2.24. The average molecular weight is 282 g/mol. The zero-order chi connectivity index (χ0) is 13.4. The van der Waals surface area contributed by atoms with E-state index in [1.54, 1.807) is 6.07 Å². The van der Waals surface area contributed by atoms with Crippen LogP contribution in [-0.4, -0.2) is 23.4 Å². The number of carbonyl (C=O) groups is 1. The molecule has 1 saturated carbocycles. The van der Waals surface area contributed by atoms with Crippen LogP contribution < -0.4 is 0 Å². The maximum atomic E-state index is 13.0. The molecule has 2 nitrogen and oxygen atoms in total. The first-order valence-corrected chi connectivity index (χ1v) is 7.24. The van der Waals surface area contributed by atoms with E-state index in [1.807, 2.05) is 4.90 Å². The van der Waals surface area contributed by atoms with Crippen molar-refractivity contribution in [2.75, 3.05) is 6.54 Å². The van der Waals surface area contributed by atoms with Crippen LogP contribution in [0, 0.1) is 11.7 Å². The van der Waals surface area contributed by atoms with Gasteiger partial charge in [-0.15, -0.1) is 0 Å². The summed E-state index contributed by atoms with van der Waals surface area (Å²) in [7, 11) is 0. The Bertz CT molecular complexity index is 505. The Morgan fingerprint density at radius 3 is 3.00 bits per heavy atom. The van der Waals surface area contributed by atoms with Crippen LogP contribution in [0.15, 0.2) is 18.2 Å². The highest BCUT2D eigenvalue weighted by molar-refractivity contribution is 6.31. The highest BCUT2D eigenvalue weighted by Gasteiger charge is 2.37. The zero-order valence-corrected chi connectivity index (χ0v) is 11.5. The third-order valence-corrected chi connectivity index (χ3v) is 4.68. The number of carbonyl (C=O) groups excluding carboxylic acids is 1. The third kappa shape index (κ3) is 2.62. The largest absolute Gasteiger partial charge is 0.339 e. The van der Waals surface area contributed by atoms with E-state index >= 15 is 0 Å². The molecule has 1 aromatic rings. The van der Waals surface area contributed by atoms with Crippen molar-refractivity contribution in [1.82, 2.24) is 4.90 Å². The van der Waals surface area contributed by atoms with Gasteiger partial charge in [0, 0.05) is 17.6 Å². The average Bonchev–Trinajstić information content (AvgIpc) is 2.68. The highest BCUT2D eigenvalue weighted by Crippen LogP contribution is 2.35. The molecule has 1 amide bonds. The molecule has 0 spiro atoms. The molecular weight excluding hydrogens is 265 g/mol. The molecule has 0 N–H and O–H groups in total. The molecule has 0 unspecified atom stereocenters. The minimum absolute atomic E-state index is 0.128. The number of halogens is 2. The second kappa shape index (κ2) is 5.12. The number of hydrogen-bond donors (Lipinski definition) is 0. The number of fused-ring (bicyclic) bond motifs is 2. The summed E-state index contributed by atoms with van der Waals surface area (Å²) < 4.78 is 13.0. The minimum Gasteiger partial charge on any atom is -0.339 e. The third-order valence-electron chi connectivity index (χ3n) is 4.33. The van der Waals surface area contributed by atoms with Crippen LogP contribution in [0.4, 0.5) is 4.39 Å². The van der Waals surface area contributed by atoms with Crippen LogP contribution in [0.2, 0.25) is 5.02 Å². The Morgan fingerprint density at radius 2 is 2.26 bits per heavy atom. The molecule has 0 radical (unpaired) electrons. The summed E-state index contributed by atoms with van der Waals surface area (Å²) >= 11 is 5.98. The van der Waals surface area contributed by atoms with E-state index < -0.39 is 0 Å². The minimum atomic E-state index is -0.363. The number of amides is 1. The van der Waals surface area contributed by atoms with Crippen molar-refractivity contribution < 1.29 is 9.18 Å². The van der Waals surface area contributed by atoms with Gasteiger partial charge in [-0.3, -0.25) is 4.79 Å². The van der Waals surface area contributed by atoms with Crippen molar-refractivity contribution in [2.45, 2.75) is 38.1 Å². The van der Waals surface area contributed by atoms with Gasteiger partial charge < -0.3 is 4.90 Å². The molecule has 1 heterocycles. The van der Waals surface area contributed by atoms with Crippen molar-refractivity contribution in [1.29, 1.82) is 0 Å². The van der Waals surface area contributed by atoms with Gasteiger partial charge in [-0.2, -0.15) is 0 Å². The smallest absolute Gasteiger partial charge is 0.227 e. The summed E-state index contributed by atoms with van der Waals surface area (Å²) in [6.07, 6.45) is 5.04. The summed E-state index contributed by atoms with van der Waals surface area (Å²) in [5, 5.41) is 0.343. The molecule has 102 valence electrons. The second-order valence-electron chi connectivity index (χ2n) is 5.65. The Labute approximate surface area is 117 Å². The van der Waals surface area contributed by atoms with E-state index in [1.165, 1.54) is 25.0 Å². The molecule has 2 aliphatic rings. The van der Waals surface area contributed by atoms with Gasteiger partial charge in [0.05, 0.1) is 6.42 Å². The monoisotopic (exact) mass is 281 g/mol. The SMILES string of the molecule is O=C(Cc1ccc(F)cc1Cl)N1C[C@@H]2CCC[C@H]1C2. The van der Waals surface area contributed by atoms with Gasteiger partial charge in [-0.1, -0.05) is 24.1 Å². The topological polar surface area (TPSA) is 20.3 Å². The van der Waals surface area contributed by atoms with Gasteiger partial charge in [0.1, 0.15) is 5.82 Å². The van der Waals surface area contributed by atoms with E-state index in [0.29, 0.717) is 17.0 Å². The van der Waals surface area contributed by atoms with Crippen LogP contribution >= 0.6 is 11.6 Å². The maximum absolute atomic E-state index is 13.0. The number of rotatable bonds is 2. The van der Waals surface area contributed by atoms with Gasteiger partial charge in [0.2, 0.25) is 5.91 Å². The molecule has 1 saturated heterocycles. The van der Waals surface area contributed by atoms with Gasteiger partial charge in [-0.05, 0) is 42.9 Å². The fourth-order valence-electron chi connectivity index (χ4n) is 3.37. The molecule has 1 aliphatic heterocycles. The lowest BCUT2D eigenvalue weighted by molar-refractivity contribution is -0.131. The van der Waals surface area contributed by atoms with Crippen molar-refractivity contribution >= 4 is 17.5 Å². The van der Waals surface area contributed by atoms with Crippen LogP contribution in [0.1, 0.15) is 31.2 Å². The molecule has 3 rings (SSSR count). The zero-order valence-electron chi connectivity index (χ0n) is 10.7. The van der Waals surface area contributed by atoms with E-state index in [-0.39, 0.29) is 18.1 Å². The van der Waals surface area contributed by atoms with Crippen molar-refractivity contribution in [3.63, 3.8) is 0 Å². The first kappa shape index (κ1) is 12.9. The van der Waals surface area contributed by atoms with Crippen LogP contribution in [0.5, 0.6) is 0 Å². The van der Waals surface area contributed by atoms with Gasteiger partial charge >= 0.3 is 0 Å². The van der Waals surface area contributed by atoms with E-state index in [4.69, 9.17) is 11.6 Å². The molecular formula is C15H17ClFNO. The molecule has 1 aliphatic carbocycles. The van der Waals surface area contributed by atoms with Crippen LogP contribution in [0.3, 0.4) is 0 Å². The predicted octanol–water partition coefficient (Wildman–Crippen LogP) is 3.42. The standard InChI is InChI=1S/C15H17ClFNO/c16-14-8-12(17)5-4-11(14)7-15(19)18-9-10-2-1-3-13(18)6-10/h4-5,8,10,13H,1-3,6-7,9H2/t10-,13+/m1/s1. The lowest BCUT2D eigenvalue weighted by Crippen LogP contribution is -2.36. The lowest BCUT2D eigenvalue weighted by atomic mass is 9.90. The number of benzene rings is 1. The maximum Gasteiger partial charge on any atom is 0.227 e. The summed E-state index contributed by atoms with van der Waals surface area (Å²) in [4.78, 5) is 14.4. The quantitative estimate of drug-likeness (QED) is 0.813. The van der Waals surface area contributed by atoms with Crippen LogP contribution in [0.25, 0.3) is 0 Å². The highest BCUT2D eigenvalue weighted by atomic mass is 35.5. The molecule has 2 atom stereocenters. The van der Waals surface area contributed by atoms with E-state index in [0.717, 1.165) is 24.9 Å². The summed E-state index contributed by atoms with van der Waals surface area (Å²) in [5.74, 6) is 0.451. The van der Waals surface area contributed by atoms with Gasteiger partial charge in [-0.25, -0.2) is 4.39 Å². The van der Waals surface area contributed by atoms with Crippen molar-refractivity contribution in [3.05, 3.63) is 34.6 Å². The molecule has 19 heavy (non-hydrogen) atoms. The Hall–Kier alpha value is -1.09. The summed E-state index contributed by atoms with van der Waals surface area (Å²) in [6.45, 7) is 0.891. The molecule has 1 aromatic carbocycles. The number of nitrogens with zero attached hydrogens (tertiary/aromatic N) is 1. The Morgan fingerprint density at radius 1 is 1.42 bits per heavy atom. The van der Waals surface area contributed by atoms with Crippen LogP contribution in [-0.2, 0) is 11.2 Å². The first-order chi connectivity index (χ1) is 9.13. The molecule has 2 fully saturated rings. The first-order valence-electron chi connectivity index (χ1n) is 6.87. The normalized spacial score (nSPS) is 25.7. The number of hydrogen-bond acceptors (Lipinski definition) is 1. The summed E-state index contributed by atoms with van der Waals surface area (Å²) in [6, 6.07) is 4.66. The Kier molecular flexibility index (Phi) is 3.48. The summed E-state index contributed by atoms with van der Waals surface area (Å²) in [5.41, 5.74) is 0.717. The van der Waals surface area contributed by atoms with Gasteiger partial charge in [0.25, 0.3) is 0 Å². The van der Waals surface area contributed by atoms with E-state index in [9.17, 15) is 9.18 Å². The van der Waals surface area contributed by atoms with Crippen molar-refractivity contribution in [3.8, 4) is 0 Å². The second-order valence-corrected chi connectivity index (χ2v) is 6.05. The fraction of sp³-hybridized carbons (Fsp3) is 0.533. The number of likely N-dealkylation sites (tertiary alicyclic amines) is 1. The van der Waals surface area contributed by atoms with Crippen molar-refractivity contribution in [2.24, 2.45) is 5.92 Å². The Balaban J connectivity index is 1.71.